The monoisotopic (exact) mass is 227 g/mol. The minimum Gasteiger partial charge on any atom is -0.480 e. The second kappa shape index (κ2) is 6.74. The normalized spacial score (nSPS) is 14.9. The topological polar surface area (TPSA) is 118 Å². The Labute approximate surface area is 83.9 Å². The van der Waals surface area contributed by atoms with Crippen molar-refractivity contribution in [2.75, 3.05) is 6.26 Å². The van der Waals surface area contributed by atoms with Crippen LogP contribution in [0.5, 0.6) is 0 Å². The Hall–Kier alpha value is -0.660. The Morgan fingerprint density at radius 2 is 1.79 bits per heavy atom. The van der Waals surface area contributed by atoms with Crippen molar-refractivity contribution in [1.29, 1.82) is 0 Å². The smallest absolute Gasteiger partial charge is 0.320 e. The predicted octanol–water partition coefficient (Wildman–Crippen LogP) is -0.0516. The summed E-state index contributed by atoms with van der Waals surface area (Å²) in [5.41, 5.74) is 5.27. The molecule has 0 saturated heterocycles. The van der Waals surface area contributed by atoms with Crippen molar-refractivity contribution in [3.05, 3.63) is 0 Å². The van der Waals surface area contributed by atoms with Crippen molar-refractivity contribution < 1.29 is 22.9 Å². The molecule has 0 saturated carbocycles. The fourth-order valence-electron chi connectivity index (χ4n) is 0.497. The zero-order chi connectivity index (χ0) is 11.9. The Bertz CT molecular complexity index is 253. The average molecular weight is 227 g/mol. The molecular formula is C7H17NO5S. The highest BCUT2D eigenvalue weighted by Crippen LogP contribution is 2.04. The highest BCUT2D eigenvalue weighted by molar-refractivity contribution is 7.85. The third kappa shape index (κ3) is 13.9. The first kappa shape index (κ1) is 15.8. The maximum absolute atomic E-state index is 10.2. The van der Waals surface area contributed by atoms with Gasteiger partial charge in [0, 0.05) is 0 Å². The third-order valence-corrected chi connectivity index (χ3v) is 1.54. The van der Waals surface area contributed by atoms with Gasteiger partial charge in [0.1, 0.15) is 6.04 Å². The van der Waals surface area contributed by atoms with Crippen molar-refractivity contribution in [3.8, 4) is 0 Å². The van der Waals surface area contributed by atoms with Crippen LogP contribution in [0, 0.1) is 5.92 Å². The largest absolute Gasteiger partial charge is 0.480 e. The maximum atomic E-state index is 10.2. The van der Waals surface area contributed by atoms with Crippen molar-refractivity contribution in [1.82, 2.24) is 0 Å². The number of carbonyl (C=O) groups is 1. The molecule has 0 aliphatic carbocycles. The molecule has 0 aliphatic rings. The van der Waals surface area contributed by atoms with Crippen LogP contribution in [0.15, 0.2) is 0 Å². The van der Waals surface area contributed by atoms with E-state index in [4.69, 9.17) is 15.4 Å². The van der Waals surface area contributed by atoms with Crippen LogP contribution in [0.4, 0.5) is 0 Å². The minimum atomic E-state index is -3.67. The first-order valence-corrected chi connectivity index (χ1v) is 5.85. The van der Waals surface area contributed by atoms with E-state index in [0.29, 0.717) is 6.26 Å². The van der Waals surface area contributed by atoms with E-state index in [-0.39, 0.29) is 5.92 Å². The van der Waals surface area contributed by atoms with Crippen LogP contribution < -0.4 is 5.73 Å². The number of nitrogens with two attached hydrogens (primary N) is 1. The molecule has 2 atom stereocenters. The molecule has 0 heterocycles. The summed E-state index contributed by atoms with van der Waals surface area (Å²) in [4.78, 5) is 10.2. The molecule has 14 heavy (non-hydrogen) atoms. The number of aliphatic carboxylic acids is 1. The fraction of sp³-hybridized carbons (Fsp3) is 0.857. The van der Waals surface area contributed by atoms with Crippen molar-refractivity contribution in [2.45, 2.75) is 26.3 Å². The van der Waals surface area contributed by atoms with E-state index in [2.05, 4.69) is 0 Å². The van der Waals surface area contributed by atoms with Gasteiger partial charge in [-0.05, 0) is 5.92 Å². The summed E-state index contributed by atoms with van der Waals surface area (Å²) in [5, 5.41) is 8.36. The standard InChI is InChI=1S/C6H13NO2.CH4O3S/c1-3-4(2)5(7)6(8)9;1-5(2,3)4/h4-5H,3,7H2,1-2H3,(H,8,9);1H3,(H,2,3,4)/t4-,5-;/m0./s1. The van der Waals surface area contributed by atoms with E-state index < -0.39 is 22.1 Å². The molecule has 0 bridgehead atoms. The number of carboxylic acids is 1. The molecule has 0 aromatic carbocycles. The van der Waals surface area contributed by atoms with Crippen LogP contribution in [0.3, 0.4) is 0 Å². The maximum Gasteiger partial charge on any atom is 0.320 e. The lowest BCUT2D eigenvalue weighted by Crippen LogP contribution is -2.36. The van der Waals surface area contributed by atoms with E-state index in [0.717, 1.165) is 6.42 Å². The molecule has 0 spiro atoms. The second-order valence-corrected chi connectivity index (χ2v) is 4.45. The lowest BCUT2D eigenvalue weighted by Gasteiger charge is -2.11. The molecule has 0 amide bonds. The molecule has 0 aromatic heterocycles. The average Bonchev–Trinajstić information content (AvgIpc) is 1.98. The van der Waals surface area contributed by atoms with Gasteiger partial charge in [-0.25, -0.2) is 0 Å². The number of rotatable bonds is 3. The third-order valence-electron chi connectivity index (χ3n) is 1.54. The van der Waals surface area contributed by atoms with Gasteiger partial charge in [-0.15, -0.1) is 0 Å². The van der Waals surface area contributed by atoms with Crippen LogP contribution in [-0.4, -0.2) is 36.3 Å². The van der Waals surface area contributed by atoms with Gasteiger partial charge >= 0.3 is 5.97 Å². The molecule has 0 unspecified atom stereocenters. The zero-order valence-electron chi connectivity index (χ0n) is 8.47. The summed E-state index contributed by atoms with van der Waals surface area (Å²) in [6, 6.07) is -0.699. The lowest BCUT2D eigenvalue weighted by molar-refractivity contribution is -0.139. The fourth-order valence-corrected chi connectivity index (χ4v) is 0.497. The molecule has 4 N–H and O–H groups in total. The Morgan fingerprint density at radius 3 is 1.86 bits per heavy atom. The first-order valence-electron chi connectivity index (χ1n) is 4.00. The molecule has 0 fully saturated rings. The minimum absolute atomic E-state index is 0.0718. The molecule has 6 nitrogen and oxygen atoms in total. The Morgan fingerprint density at radius 1 is 1.50 bits per heavy atom. The second-order valence-electron chi connectivity index (χ2n) is 2.98. The molecule has 0 aliphatic heterocycles. The molecule has 0 radical (unpaired) electrons. The molecule has 0 rings (SSSR count). The number of hydrogen-bond acceptors (Lipinski definition) is 4. The number of carboxylic acid groups (broad SMARTS) is 1. The summed E-state index contributed by atoms with van der Waals surface area (Å²) in [7, 11) is -3.67. The van der Waals surface area contributed by atoms with Gasteiger partial charge in [0.25, 0.3) is 10.1 Å². The van der Waals surface area contributed by atoms with Crippen LogP contribution in [-0.2, 0) is 14.9 Å². The summed E-state index contributed by atoms with van der Waals surface area (Å²) < 4.78 is 25.9. The summed E-state index contributed by atoms with van der Waals surface area (Å²) in [6.07, 6.45) is 1.53. The molecule has 86 valence electrons. The molecular weight excluding hydrogens is 210 g/mol. The van der Waals surface area contributed by atoms with E-state index in [1.807, 2.05) is 13.8 Å². The summed E-state index contributed by atoms with van der Waals surface area (Å²) >= 11 is 0. The van der Waals surface area contributed by atoms with E-state index >= 15 is 0 Å². The van der Waals surface area contributed by atoms with Gasteiger partial charge in [0.05, 0.1) is 6.26 Å². The first-order chi connectivity index (χ1) is 6.09. The van der Waals surface area contributed by atoms with Crippen LogP contribution in [0.25, 0.3) is 0 Å². The van der Waals surface area contributed by atoms with Crippen molar-refractivity contribution >= 4 is 16.1 Å². The van der Waals surface area contributed by atoms with Gasteiger partial charge in [0.2, 0.25) is 0 Å². The zero-order valence-corrected chi connectivity index (χ0v) is 9.28. The van der Waals surface area contributed by atoms with E-state index in [1.165, 1.54) is 0 Å². The molecule has 0 aromatic rings. The Balaban J connectivity index is 0. The van der Waals surface area contributed by atoms with Gasteiger partial charge < -0.3 is 10.8 Å². The van der Waals surface area contributed by atoms with Crippen LogP contribution in [0.2, 0.25) is 0 Å². The van der Waals surface area contributed by atoms with Gasteiger partial charge in [0.15, 0.2) is 0 Å². The van der Waals surface area contributed by atoms with Crippen molar-refractivity contribution in [2.24, 2.45) is 11.7 Å². The van der Waals surface area contributed by atoms with Gasteiger partial charge in [-0.1, -0.05) is 20.3 Å². The lowest BCUT2D eigenvalue weighted by atomic mass is 10.0. The summed E-state index contributed by atoms with van der Waals surface area (Å²) in [6.45, 7) is 3.76. The van der Waals surface area contributed by atoms with E-state index in [9.17, 15) is 13.2 Å². The SMILES string of the molecule is CC[C@H](C)[C@H](N)C(=O)O.CS(=O)(=O)O. The van der Waals surface area contributed by atoms with Gasteiger partial charge in [-0.2, -0.15) is 8.42 Å². The highest BCUT2D eigenvalue weighted by atomic mass is 32.2. The van der Waals surface area contributed by atoms with Crippen LogP contribution in [0.1, 0.15) is 20.3 Å². The van der Waals surface area contributed by atoms with Gasteiger partial charge in [-0.3, -0.25) is 9.35 Å². The Kier molecular flexibility index (Phi) is 7.61. The summed E-state index contributed by atoms with van der Waals surface area (Å²) in [5.74, 6) is -0.841. The van der Waals surface area contributed by atoms with E-state index in [1.54, 1.807) is 0 Å². The molecule has 7 heteroatoms. The highest BCUT2D eigenvalue weighted by Gasteiger charge is 2.17. The predicted molar refractivity (Wildman–Crippen MR) is 52.5 cm³/mol. The quantitative estimate of drug-likeness (QED) is 0.582. The van der Waals surface area contributed by atoms with Crippen molar-refractivity contribution in [3.63, 3.8) is 0 Å². The van der Waals surface area contributed by atoms with Crippen LogP contribution >= 0.6 is 0 Å². The number of hydrogen-bond donors (Lipinski definition) is 3.